The van der Waals surface area contributed by atoms with Gasteiger partial charge in [-0.2, -0.15) is 0 Å². The maximum absolute atomic E-state index is 12.1. The molecular weight excluding hydrogens is 378 g/mol. The summed E-state index contributed by atoms with van der Waals surface area (Å²) in [5.41, 5.74) is 0.591. The van der Waals surface area contributed by atoms with Crippen molar-refractivity contribution in [3.05, 3.63) is 53.3 Å². The number of aliphatic imine (C=N–C) groups is 1. The number of halogens is 1. The minimum atomic E-state index is -0.120. The third-order valence-electron chi connectivity index (χ3n) is 4.43. The summed E-state index contributed by atoms with van der Waals surface area (Å²) in [4.78, 5) is 29.4. The van der Waals surface area contributed by atoms with Crippen LogP contribution in [0.3, 0.4) is 0 Å². The monoisotopic (exact) mass is 401 g/mol. The summed E-state index contributed by atoms with van der Waals surface area (Å²) >= 11 is 5.84. The standard InChI is InChI=1S/C19H24ClN7O/c1-21-18(25-10-9-22-17(28)15-3-5-16(20)6-4-15)26-11-13-27(14-12-26)19-23-7-2-8-24-19/h2-8H,9-14H2,1H3,(H,21,25)(H,22,28). The van der Waals surface area contributed by atoms with Gasteiger partial charge in [-0.05, 0) is 30.3 Å². The maximum Gasteiger partial charge on any atom is 0.251 e. The average molecular weight is 402 g/mol. The van der Waals surface area contributed by atoms with Crippen LogP contribution in [0.5, 0.6) is 0 Å². The third kappa shape index (κ3) is 5.32. The van der Waals surface area contributed by atoms with Gasteiger partial charge in [-0.15, -0.1) is 0 Å². The Hall–Kier alpha value is -2.87. The first-order valence-electron chi connectivity index (χ1n) is 9.18. The Balaban J connectivity index is 1.40. The molecule has 0 radical (unpaired) electrons. The van der Waals surface area contributed by atoms with Crippen LogP contribution in [0.15, 0.2) is 47.7 Å². The second-order valence-corrected chi connectivity index (χ2v) is 6.70. The highest BCUT2D eigenvalue weighted by molar-refractivity contribution is 6.30. The number of amides is 1. The molecule has 0 atom stereocenters. The summed E-state index contributed by atoms with van der Waals surface area (Å²) in [5.74, 6) is 1.47. The number of carbonyl (C=O) groups excluding carboxylic acids is 1. The fraction of sp³-hybridized carbons (Fsp3) is 0.368. The summed E-state index contributed by atoms with van der Waals surface area (Å²) in [5, 5.41) is 6.80. The second-order valence-electron chi connectivity index (χ2n) is 6.26. The zero-order valence-corrected chi connectivity index (χ0v) is 16.6. The van der Waals surface area contributed by atoms with Crippen molar-refractivity contribution in [3.63, 3.8) is 0 Å². The second kappa shape index (κ2) is 9.89. The number of nitrogens with one attached hydrogen (secondary N) is 2. The van der Waals surface area contributed by atoms with Crippen LogP contribution >= 0.6 is 11.6 Å². The van der Waals surface area contributed by atoms with E-state index < -0.39 is 0 Å². The van der Waals surface area contributed by atoms with Gasteiger partial charge in [0.15, 0.2) is 5.96 Å². The van der Waals surface area contributed by atoms with Gasteiger partial charge in [-0.25, -0.2) is 9.97 Å². The highest BCUT2D eigenvalue weighted by Gasteiger charge is 2.20. The van der Waals surface area contributed by atoms with Crippen LogP contribution in [-0.4, -0.2) is 73.1 Å². The number of nitrogens with zero attached hydrogens (tertiary/aromatic N) is 5. The molecule has 1 aliphatic rings. The van der Waals surface area contributed by atoms with Gasteiger partial charge in [0.2, 0.25) is 5.95 Å². The van der Waals surface area contributed by atoms with Gasteiger partial charge in [0.05, 0.1) is 0 Å². The molecule has 0 bridgehead atoms. The number of hydrogen-bond acceptors (Lipinski definition) is 5. The van der Waals surface area contributed by atoms with Crippen molar-refractivity contribution in [3.8, 4) is 0 Å². The highest BCUT2D eigenvalue weighted by Crippen LogP contribution is 2.10. The van der Waals surface area contributed by atoms with Crippen molar-refractivity contribution in [1.29, 1.82) is 0 Å². The van der Waals surface area contributed by atoms with Crippen molar-refractivity contribution in [2.45, 2.75) is 0 Å². The van der Waals surface area contributed by atoms with Crippen molar-refractivity contribution in [1.82, 2.24) is 25.5 Å². The average Bonchev–Trinajstić information content (AvgIpc) is 2.75. The van der Waals surface area contributed by atoms with Crippen LogP contribution in [0.4, 0.5) is 5.95 Å². The minimum Gasteiger partial charge on any atom is -0.354 e. The number of benzene rings is 1. The molecule has 3 rings (SSSR count). The molecule has 1 saturated heterocycles. The van der Waals surface area contributed by atoms with Crippen LogP contribution in [0.2, 0.25) is 5.02 Å². The number of piperazine rings is 1. The van der Waals surface area contributed by atoms with E-state index in [0.29, 0.717) is 23.7 Å². The summed E-state index contributed by atoms with van der Waals surface area (Å²) in [6, 6.07) is 8.64. The molecule has 0 saturated carbocycles. The van der Waals surface area contributed by atoms with E-state index in [0.717, 1.165) is 38.1 Å². The Morgan fingerprint density at radius 1 is 1.07 bits per heavy atom. The van der Waals surface area contributed by atoms with E-state index in [-0.39, 0.29) is 5.91 Å². The van der Waals surface area contributed by atoms with Crippen molar-refractivity contribution in [2.24, 2.45) is 4.99 Å². The van der Waals surface area contributed by atoms with Gasteiger partial charge >= 0.3 is 0 Å². The Kier molecular flexibility index (Phi) is 7.02. The summed E-state index contributed by atoms with van der Waals surface area (Å²) in [7, 11) is 1.77. The molecule has 1 aromatic carbocycles. The fourth-order valence-corrected chi connectivity index (χ4v) is 3.08. The van der Waals surface area contributed by atoms with Crippen molar-refractivity contribution >= 4 is 29.4 Å². The first-order valence-corrected chi connectivity index (χ1v) is 9.56. The van der Waals surface area contributed by atoms with Gasteiger partial charge in [-0.1, -0.05) is 11.6 Å². The molecule has 1 amide bonds. The zero-order valence-electron chi connectivity index (χ0n) is 15.8. The first kappa shape index (κ1) is 19.9. The van der Waals surface area contributed by atoms with E-state index in [1.165, 1.54) is 0 Å². The summed E-state index contributed by atoms with van der Waals surface area (Å²) in [6.45, 7) is 4.41. The number of aromatic nitrogens is 2. The van der Waals surface area contributed by atoms with Crippen LogP contribution in [0, 0.1) is 0 Å². The fourth-order valence-electron chi connectivity index (χ4n) is 2.96. The SMILES string of the molecule is CN=C(NCCNC(=O)c1ccc(Cl)cc1)N1CCN(c2ncccn2)CC1. The van der Waals surface area contributed by atoms with Gasteiger partial charge in [0.25, 0.3) is 5.91 Å². The van der Waals surface area contributed by atoms with Gasteiger partial charge in [-0.3, -0.25) is 9.79 Å². The number of guanidine groups is 1. The Labute approximate surface area is 169 Å². The molecule has 2 N–H and O–H groups in total. The molecule has 1 fully saturated rings. The Bertz CT molecular complexity index is 790. The summed E-state index contributed by atoms with van der Waals surface area (Å²) < 4.78 is 0. The van der Waals surface area contributed by atoms with E-state index in [4.69, 9.17) is 11.6 Å². The zero-order chi connectivity index (χ0) is 19.8. The van der Waals surface area contributed by atoms with Gasteiger partial charge < -0.3 is 20.4 Å². The molecule has 0 unspecified atom stereocenters. The molecule has 1 aliphatic heterocycles. The molecule has 2 heterocycles. The molecule has 2 aromatic rings. The van der Waals surface area contributed by atoms with Gasteiger partial charge in [0, 0.05) is 69.3 Å². The molecule has 148 valence electrons. The highest BCUT2D eigenvalue weighted by atomic mass is 35.5. The molecule has 9 heteroatoms. The van der Waals surface area contributed by atoms with Crippen molar-refractivity contribution in [2.75, 3.05) is 51.2 Å². The number of carbonyl (C=O) groups is 1. The third-order valence-corrected chi connectivity index (χ3v) is 4.68. The molecule has 1 aromatic heterocycles. The van der Waals surface area contributed by atoms with E-state index >= 15 is 0 Å². The minimum absolute atomic E-state index is 0.120. The molecule has 28 heavy (non-hydrogen) atoms. The topological polar surface area (TPSA) is 85.8 Å². The smallest absolute Gasteiger partial charge is 0.251 e. The lowest BCUT2D eigenvalue weighted by Crippen LogP contribution is -2.53. The quantitative estimate of drug-likeness (QED) is 0.445. The lowest BCUT2D eigenvalue weighted by Gasteiger charge is -2.36. The molecule has 8 nitrogen and oxygen atoms in total. The van der Waals surface area contributed by atoms with E-state index in [1.807, 2.05) is 6.07 Å². The summed E-state index contributed by atoms with van der Waals surface area (Å²) in [6.07, 6.45) is 3.51. The number of hydrogen-bond donors (Lipinski definition) is 2. The first-order chi connectivity index (χ1) is 13.7. The van der Waals surface area contributed by atoms with E-state index in [2.05, 4.69) is 35.4 Å². The van der Waals surface area contributed by atoms with Gasteiger partial charge in [0.1, 0.15) is 0 Å². The number of rotatable bonds is 5. The van der Waals surface area contributed by atoms with Crippen molar-refractivity contribution < 1.29 is 4.79 Å². The van der Waals surface area contributed by atoms with Crippen LogP contribution < -0.4 is 15.5 Å². The maximum atomic E-state index is 12.1. The van der Waals surface area contributed by atoms with Crippen LogP contribution in [0.1, 0.15) is 10.4 Å². The molecular formula is C19H24ClN7O. The largest absolute Gasteiger partial charge is 0.354 e. The van der Waals surface area contributed by atoms with E-state index in [1.54, 1.807) is 43.7 Å². The predicted molar refractivity (Wildman–Crippen MR) is 111 cm³/mol. The lowest BCUT2D eigenvalue weighted by atomic mass is 10.2. The van der Waals surface area contributed by atoms with Crippen LogP contribution in [0.25, 0.3) is 0 Å². The normalized spacial score (nSPS) is 14.7. The Morgan fingerprint density at radius 2 is 1.71 bits per heavy atom. The molecule has 0 aliphatic carbocycles. The van der Waals surface area contributed by atoms with E-state index in [9.17, 15) is 4.79 Å². The van der Waals surface area contributed by atoms with Crippen LogP contribution in [-0.2, 0) is 0 Å². The Morgan fingerprint density at radius 3 is 2.36 bits per heavy atom. The molecule has 0 spiro atoms. The predicted octanol–water partition coefficient (Wildman–Crippen LogP) is 1.26. The number of anilines is 1. The lowest BCUT2D eigenvalue weighted by molar-refractivity contribution is 0.0954.